The summed E-state index contributed by atoms with van der Waals surface area (Å²) in [5.74, 6) is 2.08. The third-order valence-electron chi connectivity index (χ3n) is 5.68. The molecule has 0 bridgehead atoms. The molecule has 2 N–H and O–H groups in total. The molecule has 2 saturated heterocycles. The molecule has 5 heterocycles. The first-order chi connectivity index (χ1) is 13.7. The fourth-order valence-corrected chi connectivity index (χ4v) is 4.25. The highest BCUT2D eigenvalue weighted by Crippen LogP contribution is 2.39. The van der Waals surface area contributed by atoms with Crippen LogP contribution < -0.4 is 15.5 Å². The molecular formula is C19H25N7O2. The third kappa shape index (κ3) is 2.94. The van der Waals surface area contributed by atoms with Crippen LogP contribution in [0.1, 0.15) is 18.2 Å². The monoisotopic (exact) mass is 383 g/mol. The van der Waals surface area contributed by atoms with E-state index in [-0.39, 0.29) is 0 Å². The van der Waals surface area contributed by atoms with Gasteiger partial charge in [-0.25, -0.2) is 15.0 Å². The van der Waals surface area contributed by atoms with Gasteiger partial charge in [-0.2, -0.15) is 4.98 Å². The van der Waals surface area contributed by atoms with Gasteiger partial charge in [0.05, 0.1) is 43.9 Å². The largest absolute Gasteiger partial charge is 0.378 e. The molecule has 28 heavy (non-hydrogen) atoms. The van der Waals surface area contributed by atoms with Crippen LogP contribution in [0.3, 0.4) is 0 Å². The van der Waals surface area contributed by atoms with Crippen LogP contribution >= 0.6 is 0 Å². The molecule has 0 spiro atoms. The van der Waals surface area contributed by atoms with Gasteiger partial charge in [-0.3, -0.25) is 0 Å². The van der Waals surface area contributed by atoms with Gasteiger partial charge in [0.15, 0.2) is 0 Å². The molecular weight excluding hydrogens is 358 g/mol. The number of fused-ring (bicyclic) bond motifs is 3. The van der Waals surface area contributed by atoms with Crippen molar-refractivity contribution in [2.75, 3.05) is 61.6 Å². The van der Waals surface area contributed by atoms with Crippen LogP contribution in [0.15, 0.2) is 6.20 Å². The Balaban J connectivity index is 1.66. The van der Waals surface area contributed by atoms with Gasteiger partial charge in [-0.1, -0.05) is 6.92 Å². The zero-order valence-electron chi connectivity index (χ0n) is 16.1. The Bertz CT molecular complexity index is 885. The Hall–Kier alpha value is -2.52. The van der Waals surface area contributed by atoms with Crippen molar-refractivity contribution < 1.29 is 9.47 Å². The summed E-state index contributed by atoms with van der Waals surface area (Å²) in [6, 6.07) is 0.316. The topological polar surface area (TPSA) is 103 Å². The van der Waals surface area contributed by atoms with E-state index < -0.39 is 0 Å². The molecule has 9 nitrogen and oxygen atoms in total. The SMILES string of the molecule is CCc1nc(N)ncc1-c1nc(N2CCOCC2)nc2c1CC1COCCN21. The number of hydrogen-bond acceptors (Lipinski definition) is 9. The summed E-state index contributed by atoms with van der Waals surface area (Å²) in [6.45, 7) is 7.37. The third-order valence-corrected chi connectivity index (χ3v) is 5.68. The summed E-state index contributed by atoms with van der Waals surface area (Å²) in [4.78, 5) is 23.3. The summed E-state index contributed by atoms with van der Waals surface area (Å²) < 4.78 is 11.2. The maximum absolute atomic E-state index is 5.83. The minimum Gasteiger partial charge on any atom is -0.378 e. The minimum absolute atomic E-state index is 0.297. The first kappa shape index (κ1) is 17.6. The maximum atomic E-state index is 5.83. The Morgan fingerprint density at radius 2 is 1.93 bits per heavy atom. The number of nitrogens with zero attached hydrogens (tertiary/aromatic N) is 6. The van der Waals surface area contributed by atoms with Gasteiger partial charge < -0.3 is 25.0 Å². The molecule has 1 atom stereocenters. The van der Waals surface area contributed by atoms with E-state index in [0.29, 0.717) is 25.2 Å². The molecule has 0 aromatic carbocycles. The van der Waals surface area contributed by atoms with E-state index in [9.17, 15) is 0 Å². The van der Waals surface area contributed by atoms with Crippen molar-refractivity contribution in [1.82, 2.24) is 19.9 Å². The van der Waals surface area contributed by atoms with E-state index in [1.54, 1.807) is 6.20 Å². The van der Waals surface area contributed by atoms with E-state index in [2.05, 4.69) is 26.7 Å². The summed E-state index contributed by atoms with van der Waals surface area (Å²) in [6.07, 6.45) is 3.45. The van der Waals surface area contributed by atoms with E-state index in [1.165, 1.54) is 0 Å². The lowest BCUT2D eigenvalue weighted by Crippen LogP contribution is -2.43. The van der Waals surface area contributed by atoms with Gasteiger partial charge in [0, 0.05) is 43.4 Å². The molecule has 2 fully saturated rings. The number of anilines is 3. The molecule has 2 aromatic heterocycles. The highest BCUT2D eigenvalue weighted by Gasteiger charge is 2.37. The summed E-state index contributed by atoms with van der Waals surface area (Å²) in [5.41, 5.74) is 9.79. The lowest BCUT2D eigenvalue weighted by atomic mass is 10.0. The standard InChI is InChI=1S/C19H25N7O2/c1-2-15-14(10-21-18(20)22-15)16-13-9-12-11-28-8-5-26(12)17(13)24-19(23-16)25-3-6-27-7-4-25/h10,12H,2-9,11H2,1H3,(H2,20,21,22). The smallest absolute Gasteiger partial charge is 0.228 e. The average Bonchev–Trinajstić information content (AvgIpc) is 3.12. The van der Waals surface area contributed by atoms with Gasteiger partial charge >= 0.3 is 0 Å². The van der Waals surface area contributed by atoms with Gasteiger partial charge in [-0.15, -0.1) is 0 Å². The Morgan fingerprint density at radius 1 is 1.11 bits per heavy atom. The summed E-state index contributed by atoms with van der Waals surface area (Å²) >= 11 is 0. The Morgan fingerprint density at radius 3 is 2.75 bits per heavy atom. The molecule has 5 rings (SSSR count). The van der Waals surface area contributed by atoms with E-state index in [4.69, 9.17) is 25.2 Å². The van der Waals surface area contributed by atoms with Crippen LogP contribution in [0, 0.1) is 0 Å². The van der Waals surface area contributed by atoms with E-state index >= 15 is 0 Å². The number of aryl methyl sites for hydroxylation is 1. The second-order valence-corrected chi connectivity index (χ2v) is 7.34. The lowest BCUT2D eigenvalue weighted by Gasteiger charge is -2.32. The number of morpholine rings is 2. The Kier molecular flexibility index (Phi) is 4.48. The lowest BCUT2D eigenvalue weighted by molar-refractivity contribution is 0.0974. The predicted octanol–water partition coefficient (Wildman–Crippen LogP) is 0.676. The summed E-state index contributed by atoms with van der Waals surface area (Å²) in [5, 5.41) is 0. The molecule has 0 aliphatic carbocycles. The van der Waals surface area contributed by atoms with Crippen LogP contribution in [0.25, 0.3) is 11.3 Å². The first-order valence-electron chi connectivity index (χ1n) is 9.94. The van der Waals surface area contributed by atoms with Crippen molar-refractivity contribution in [3.05, 3.63) is 17.5 Å². The normalized spacial score (nSPS) is 21.5. The number of nitrogen functional groups attached to an aromatic ring is 1. The Labute approximate surface area is 163 Å². The number of rotatable bonds is 3. The molecule has 148 valence electrons. The number of ether oxygens (including phenoxy) is 2. The summed E-state index contributed by atoms with van der Waals surface area (Å²) in [7, 11) is 0. The van der Waals surface area contributed by atoms with Gasteiger partial charge in [0.1, 0.15) is 5.82 Å². The van der Waals surface area contributed by atoms with Crippen molar-refractivity contribution in [3.8, 4) is 11.3 Å². The molecule has 0 amide bonds. The van der Waals surface area contributed by atoms with E-state index in [1.807, 2.05) is 0 Å². The van der Waals surface area contributed by atoms with Crippen LogP contribution in [0.5, 0.6) is 0 Å². The van der Waals surface area contributed by atoms with Crippen LogP contribution in [-0.2, 0) is 22.3 Å². The molecule has 9 heteroatoms. The molecule has 3 aliphatic heterocycles. The number of aromatic nitrogens is 4. The van der Waals surface area contributed by atoms with Gasteiger partial charge in [0.2, 0.25) is 11.9 Å². The molecule has 0 radical (unpaired) electrons. The van der Waals surface area contributed by atoms with Gasteiger partial charge in [0.25, 0.3) is 0 Å². The van der Waals surface area contributed by atoms with Crippen molar-refractivity contribution in [2.45, 2.75) is 25.8 Å². The van der Waals surface area contributed by atoms with Crippen molar-refractivity contribution >= 4 is 17.7 Å². The zero-order valence-corrected chi connectivity index (χ0v) is 16.1. The molecule has 2 aromatic rings. The predicted molar refractivity (Wildman–Crippen MR) is 106 cm³/mol. The molecule has 3 aliphatic rings. The second-order valence-electron chi connectivity index (χ2n) is 7.34. The zero-order chi connectivity index (χ0) is 19.1. The highest BCUT2D eigenvalue weighted by atomic mass is 16.5. The average molecular weight is 383 g/mol. The quantitative estimate of drug-likeness (QED) is 0.819. The van der Waals surface area contributed by atoms with E-state index in [0.717, 1.165) is 80.0 Å². The maximum Gasteiger partial charge on any atom is 0.228 e. The molecule has 0 saturated carbocycles. The first-order valence-corrected chi connectivity index (χ1v) is 9.94. The number of nitrogens with two attached hydrogens (primary N) is 1. The molecule has 1 unspecified atom stereocenters. The van der Waals surface area contributed by atoms with Crippen LogP contribution in [-0.4, -0.2) is 72.0 Å². The number of hydrogen-bond donors (Lipinski definition) is 1. The minimum atomic E-state index is 0.297. The second kappa shape index (κ2) is 7.14. The van der Waals surface area contributed by atoms with Crippen LogP contribution in [0.2, 0.25) is 0 Å². The fourth-order valence-electron chi connectivity index (χ4n) is 4.25. The van der Waals surface area contributed by atoms with Crippen molar-refractivity contribution in [3.63, 3.8) is 0 Å². The van der Waals surface area contributed by atoms with Crippen molar-refractivity contribution in [1.29, 1.82) is 0 Å². The fraction of sp³-hybridized carbons (Fsp3) is 0.579. The highest BCUT2D eigenvalue weighted by molar-refractivity contribution is 5.75. The van der Waals surface area contributed by atoms with Gasteiger partial charge in [-0.05, 0) is 6.42 Å². The van der Waals surface area contributed by atoms with Crippen molar-refractivity contribution in [2.24, 2.45) is 0 Å². The van der Waals surface area contributed by atoms with Crippen LogP contribution in [0.4, 0.5) is 17.7 Å².